The summed E-state index contributed by atoms with van der Waals surface area (Å²) in [6, 6.07) is 3.67. The first-order valence-electron chi connectivity index (χ1n) is 6.68. The van der Waals surface area contributed by atoms with Crippen LogP contribution in [0, 0.1) is 5.92 Å². The minimum atomic E-state index is -0.280. The fourth-order valence-electron chi connectivity index (χ4n) is 2.32. The molecule has 102 valence electrons. The summed E-state index contributed by atoms with van der Waals surface area (Å²) in [4.78, 5) is 4.37. The van der Waals surface area contributed by atoms with Gasteiger partial charge in [-0.2, -0.15) is 0 Å². The highest BCUT2D eigenvalue weighted by atomic mass is 16.3. The van der Waals surface area contributed by atoms with Gasteiger partial charge in [0.15, 0.2) is 0 Å². The van der Waals surface area contributed by atoms with Crippen LogP contribution in [0.1, 0.15) is 30.5 Å². The van der Waals surface area contributed by atoms with Crippen LogP contribution in [0.4, 0.5) is 0 Å². The third-order valence-corrected chi connectivity index (χ3v) is 3.64. The molecule has 1 aliphatic carbocycles. The predicted molar refractivity (Wildman–Crippen MR) is 70.5 cm³/mol. The van der Waals surface area contributed by atoms with Gasteiger partial charge in [0.05, 0.1) is 12.4 Å². The van der Waals surface area contributed by atoms with E-state index in [2.05, 4.69) is 10.3 Å². The average molecular weight is 261 g/mol. The summed E-state index contributed by atoms with van der Waals surface area (Å²) in [7, 11) is 1.96. The molecule has 3 rings (SSSR count). The Morgan fingerprint density at radius 3 is 3.00 bits per heavy atom. The van der Waals surface area contributed by atoms with Crippen molar-refractivity contribution in [3.05, 3.63) is 42.4 Å². The van der Waals surface area contributed by atoms with Crippen LogP contribution in [-0.2, 0) is 7.05 Å². The summed E-state index contributed by atoms with van der Waals surface area (Å²) >= 11 is 0. The summed E-state index contributed by atoms with van der Waals surface area (Å²) in [5, 5.41) is 13.3. The molecule has 0 bridgehead atoms. The van der Waals surface area contributed by atoms with Gasteiger partial charge >= 0.3 is 0 Å². The van der Waals surface area contributed by atoms with E-state index in [0.29, 0.717) is 12.5 Å². The maximum Gasteiger partial charge on any atom is 0.133 e. The lowest BCUT2D eigenvalue weighted by molar-refractivity contribution is 0.144. The molecule has 5 heteroatoms. The molecule has 1 fully saturated rings. The Balaban J connectivity index is 1.75. The van der Waals surface area contributed by atoms with Gasteiger partial charge < -0.3 is 14.1 Å². The molecular formula is C14H19N3O2. The van der Waals surface area contributed by atoms with E-state index in [1.165, 1.54) is 0 Å². The Bertz CT molecular complexity index is 517. The molecule has 2 N–H and O–H groups in total. The fraction of sp³-hybridized carbons (Fsp3) is 0.500. The maximum absolute atomic E-state index is 9.98. The molecule has 5 nitrogen and oxygen atoms in total. The molecular weight excluding hydrogens is 242 g/mol. The van der Waals surface area contributed by atoms with Crippen LogP contribution in [0.2, 0.25) is 0 Å². The number of aryl methyl sites for hydroxylation is 1. The Morgan fingerprint density at radius 2 is 2.42 bits per heavy atom. The first kappa shape index (κ1) is 12.4. The molecule has 2 atom stereocenters. The number of aliphatic hydroxyl groups is 1. The van der Waals surface area contributed by atoms with E-state index in [0.717, 1.165) is 24.4 Å². The molecule has 0 saturated heterocycles. The van der Waals surface area contributed by atoms with E-state index >= 15 is 0 Å². The van der Waals surface area contributed by atoms with Crippen LogP contribution in [0.15, 0.2) is 35.2 Å². The summed E-state index contributed by atoms with van der Waals surface area (Å²) in [5.41, 5.74) is 0. The SMILES string of the molecule is Cn1ccnc1C(NCC(O)C1CC1)c1ccco1. The van der Waals surface area contributed by atoms with Gasteiger partial charge in [-0.25, -0.2) is 4.98 Å². The van der Waals surface area contributed by atoms with Crippen LogP contribution in [-0.4, -0.2) is 27.3 Å². The monoisotopic (exact) mass is 261 g/mol. The number of rotatable bonds is 6. The quantitative estimate of drug-likeness (QED) is 0.826. The summed E-state index contributed by atoms with van der Waals surface area (Å²) < 4.78 is 7.45. The van der Waals surface area contributed by atoms with Crippen LogP contribution >= 0.6 is 0 Å². The Morgan fingerprint density at radius 1 is 1.58 bits per heavy atom. The van der Waals surface area contributed by atoms with Crippen molar-refractivity contribution in [2.75, 3.05) is 6.54 Å². The smallest absolute Gasteiger partial charge is 0.133 e. The van der Waals surface area contributed by atoms with Crippen LogP contribution < -0.4 is 5.32 Å². The number of furan rings is 1. The number of nitrogens with zero attached hydrogens (tertiary/aromatic N) is 2. The highest BCUT2D eigenvalue weighted by Gasteiger charge is 2.31. The second-order valence-electron chi connectivity index (χ2n) is 5.16. The van der Waals surface area contributed by atoms with Gasteiger partial charge in [-0.15, -0.1) is 0 Å². The van der Waals surface area contributed by atoms with Crippen molar-refractivity contribution in [1.82, 2.24) is 14.9 Å². The zero-order chi connectivity index (χ0) is 13.2. The van der Waals surface area contributed by atoms with Crippen molar-refractivity contribution in [2.24, 2.45) is 13.0 Å². The van der Waals surface area contributed by atoms with Gasteiger partial charge in [-0.3, -0.25) is 5.32 Å². The van der Waals surface area contributed by atoms with Gasteiger partial charge in [0, 0.05) is 26.0 Å². The lowest BCUT2D eigenvalue weighted by Crippen LogP contribution is -2.33. The zero-order valence-electron chi connectivity index (χ0n) is 11.0. The van der Waals surface area contributed by atoms with E-state index in [1.807, 2.05) is 29.9 Å². The van der Waals surface area contributed by atoms with Gasteiger partial charge in [-0.1, -0.05) is 0 Å². The molecule has 0 radical (unpaired) electrons. The summed E-state index contributed by atoms with van der Waals surface area (Å²) in [6.07, 6.45) is 7.32. The van der Waals surface area contributed by atoms with Crippen molar-refractivity contribution in [1.29, 1.82) is 0 Å². The van der Waals surface area contributed by atoms with E-state index < -0.39 is 0 Å². The van der Waals surface area contributed by atoms with Gasteiger partial charge in [-0.05, 0) is 30.9 Å². The second-order valence-corrected chi connectivity index (χ2v) is 5.16. The lowest BCUT2D eigenvalue weighted by Gasteiger charge is -2.18. The number of hydrogen-bond acceptors (Lipinski definition) is 4. The number of aliphatic hydroxyl groups excluding tert-OH is 1. The maximum atomic E-state index is 9.98. The van der Waals surface area contributed by atoms with Crippen molar-refractivity contribution in [3.8, 4) is 0 Å². The normalized spacial score (nSPS) is 18.4. The predicted octanol–water partition coefficient (Wildman–Crippen LogP) is 1.46. The van der Waals surface area contributed by atoms with Gasteiger partial charge in [0.2, 0.25) is 0 Å². The largest absolute Gasteiger partial charge is 0.467 e. The molecule has 0 aromatic carbocycles. The molecule has 2 heterocycles. The van der Waals surface area contributed by atoms with E-state index in [9.17, 15) is 5.11 Å². The first-order chi connectivity index (χ1) is 9.25. The Hall–Kier alpha value is -1.59. The third kappa shape index (κ3) is 2.72. The molecule has 0 amide bonds. The minimum absolute atomic E-state index is 0.122. The summed E-state index contributed by atoms with van der Waals surface area (Å²) in [6.45, 7) is 0.558. The number of hydrogen-bond donors (Lipinski definition) is 2. The highest BCUT2D eigenvalue weighted by Crippen LogP contribution is 2.32. The van der Waals surface area contributed by atoms with Crippen LogP contribution in [0.5, 0.6) is 0 Å². The molecule has 19 heavy (non-hydrogen) atoms. The van der Waals surface area contributed by atoms with Gasteiger partial charge in [0.25, 0.3) is 0 Å². The van der Waals surface area contributed by atoms with Gasteiger partial charge in [0.1, 0.15) is 17.6 Å². The molecule has 2 aromatic heterocycles. The number of imidazole rings is 1. The average Bonchev–Trinajstić information content (AvgIpc) is 2.96. The molecule has 2 unspecified atom stereocenters. The van der Waals surface area contributed by atoms with Crippen LogP contribution in [0.25, 0.3) is 0 Å². The minimum Gasteiger partial charge on any atom is -0.467 e. The lowest BCUT2D eigenvalue weighted by atomic mass is 10.1. The molecule has 1 aliphatic rings. The van der Waals surface area contributed by atoms with Crippen LogP contribution in [0.3, 0.4) is 0 Å². The summed E-state index contributed by atoms with van der Waals surface area (Å²) in [5.74, 6) is 2.17. The number of nitrogens with one attached hydrogen (secondary N) is 1. The third-order valence-electron chi connectivity index (χ3n) is 3.64. The van der Waals surface area contributed by atoms with E-state index in [1.54, 1.807) is 12.5 Å². The van der Waals surface area contributed by atoms with Crippen molar-refractivity contribution >= 4 is 0 Å². The molecule has 0 aliphatic heterocycles. The first-order valence-corrected chi connectivity index (χ1v) is 6.68. The van der Waals surface area contributed by atoms with Crippen molar-refractivity contribution < 1.29 is 9.52 Å². The fourth-order valence-corrected chi connectivity index (χ4v) is 2.32. The zero-order valence-corrected chi connectivity index (χ0v) is 11.0. The topological polar surface area (TPSA) is 63.2 Å². The van der Waals surface area contributed by atoms with E-state index in [-0.39, 0.29) is 12.1 Å². The second kappa shape index (κ2) is 5.19. The number of aromatic nitrogens is 2. The standard InChI is InChI=1S/C14H19N3O2/c1-17-7-6-15-14(17)13(12-3-2-8-19-12)16-9-11(18)10-4-5-10/h2-3,6-8,10-11,13,16,18H,4-5,9H2,1H3. The van der Waals surface area contributed by atoms with Crippen molar-refractivity contribution in [2.45, 2.75) is 25.0 Å². The Kier molecular flexibility index (Phi) is 3.40. The Labute approximate surface area is 112 Å². The molecule has 0 spiro atoms. The van der Waals surface area contributed by atoms with E-state index in [4.69, 9.17) is 4.42 Å². The highest BCUT2D eigenvalue weighted by molar-refractivity contribution is 5.15. The van der Waals surface area contributed by atoms with Crippen molar-refractivity contribution in [3.63, 3.8) is 0 Å². The molecule has 2 aromatic rings. The molecule has 1 saturated carbocycles.